The quantitative estimate of drug-likeness (QED) is 0.788. The van der Waals surface area contributed by atoms with Crippen molar-refractivity contribution in [2.24, 2.45) is 0 Å². The van der Waals surface area contributed by atoms with Crippen molar-refractivity contribution < 1.29 is 4.79 Å². The van der Waals surface area contributed by atoms with Crippen molar-refractivity contribution in [1.29, 1.82) is 0 Å². The summed E-state index contributed by atoms with van der Waals surface area (Å²) in [6, 6.07) is 3.68. The van der Waals surface area contributed by atoms with Crippen LogP contribution in [0.4, 0.5) is 11.4 Å². The van der Waals surface area contributed by atoms with Crippen LogP contribution in [0.25, 0.3) is 0 Å². The molecule has 0 saturated carbocycles. The standard InChI is InChI=1S/C13H14N4O/c1-8-5-10(14)11(6-9(8)2)17-13(18)12-7-15-3-4-16-12/h3-7H,14H2,1-2H3,(H,17,18). The number of rotatable bonds is 2. The van der Waals surface area contributed by atoms with E-state index in [1.165, 1.54) is 18.6 Å². The second-order valence-electron chi connectivity index (χ2n) is 4.07. The summed E-state index contributed by atoms with van der Waals surface area (Å²) < 4.78 is 0. The number of nitrogens with two attached hydrogens (primary N) is 1. The van der Waals surface area contributed by atoms with Gasteiger partial charge in [-0.3, -0.25) is 9.78 Å². The van der Waals surface area contributed by atoms with Crippen molar-refractivity contribution >= 4 is 17.3 Å². The smallest absolute Gasteiger partial charge is 0.275 e. The van der Waals surface area contributed by atoms with E-state index in [1.54, 1.807) is 0 Å². The fourth-order valence-corrected chi connectivity index (χ4v) is 1.55. The lowest BCUT2D eigenvalue weighted by molar-refractivity contribution is 0.102. The summed E-state index contributed by atoms with van der Waals surface area (Å²) >= 11 is 0. The zero-order chi connectivity index (χ0) is 13.1. The number of aryl methyl sites for hydroxylation is 2. The van der Waals surface area contributed by atoms with Gasteiger partial charge >= 0.3 is 0 Å². The maximum absolute atomic E-state index is 11.9. The van der Waals surface area contributed by atoms with E-state index < -0.39 is 0 Å². The minimum Gasteiger partial charge on any atom is -0.397 e. The Morgan fingerprint density at radius 1 is 1.22 bits per heavy atom. The molecule has 2 aromatic rings. The summed E-state index contributed by atoms with van der Waals surface area (Å²) in [4.78, 5) is 19.7. The predicted octanol–water partition coefficient (Wildman–Crippen LogP) is 1.93. The molecule has 0 bridgehead atoms. The summed E-state index contributed by atoms with van der Waals surface area (Å²) in [7, 11) is 0. The first-order valence-corrected chi connectivity index (χ1v) is 5.52. The van der Waals surface area contributed by atoms with E-state index in [0.717, 1.165) is 11.1 Å². The highest BCUT2D eigenvalue weighted by Crippen LogP contribution is 2.23. The number of amides is 1. The molecule has 0 radical (unpaired) electrons. The second kappa shape index (κ2) is 4.83. The Balaban J connectivity index is 2.25. The lowest BCUT2D eigenvalue weighted by atomic mass is 10.1. The van der Waals surface area contributed by atoms with Gasteiger partial charge in [0.1, 0.15) is 5.69 Å². The number of hydrogen-bond acceptors (Lipinski definition) is 4. The summed E-state index contributed by atoms with van der Waals surface area (Å²) in [6.45, 7) is 3.94. The molecular formula is C13H14N4O. The van der Waals surface area contributed by atoms with Gasteiger partial charge in [0.05, 0.1) is 17.6 Å². The fraction of sp³-hybridized carbons (Fsp3) is 0.154. The molecule has 2 rings (SSSR count). The average Bonchev–Trinajstić information content (AvgIpc) is 2.37. The zero-order valence-electron chi connectivity index (χ0n) is 10.3. The fourth-order valence-electron chi connectivity index (χ4n) is 1.55. The molecule has 1 aromatic heterocycles. The van der Waals surface area contributed by atoms with Crippen LogP contribution in [0.1, 0.15) is 21.6 Å². The number of benzene rings is 1. The molecule has 1 heterocycles. The van der Waals surface area contributed by atoms with Crippen LogP contribution in [0.15, 0.2) is 30.7 Å². The number of anilines is 2. The number of carbonyl (C=O) groups excluding carboxylic acids is 1. The highest BCUT2D eigenvalue weighted by Gasteiger charge is 2.10. The second-order valence-corrected chi connectivity index (χ2v) is 4.07. The summed E-state index contributed by atoms with van der Waals surface area (Å²) in [5.41, 5.74) is 9.41. The Morgan fingerprint density at radius 2 is 1.94 bits per heavy atom. The number of nitrogens with zero attached hydrogens (tertiary/aromatic N) is 2. The molecule has 0 saturated heterocycles. The number of aromatic nitrogens is 2. The van der Waals surface area contributed by atoms with Crippen LogP contribution in [0.5, 0.6) is 0 Å². The van der Waals surface area contributed by atoms with Gasteiger partial charge in [0, 0.05) is 12.4 Å². The van der Waals surface area contributed by atoms with Gasteiger partial charge in [0.25, 0.3) is 5.91 Å². The first-order chi connectivity index (χ1) is 8.58. The van der Waals surface area contributed by atoms with Crippen LogP contribution in [0, 0.1) is 13.8 Å². The monoisotopic (exact) mass is 242 g/mol. The van der Waals surface area contributed by atoms with Crippen molar-refractivity contribution in [3.63, 3.8) is 0 Å². The molecule has 3 N–H and O–H groups in total. The van der Waals surface area contributed by atoms with Gasteiger partial charge in [0.15, 0.2) is 0 Å². The largest absolute Gasteiger partial charge is 0.397 e. The lowest BCUT2D eigenvalue weighted by Gasteiger charge is -2.10. The number of nitrogen functional groups attached to an aromatic ring is 1. The first kappa shape index (κ1) is 12.0. The van der Waals surface area contributed by atoms with E-state index in [0.29, 0.717) is 11.4 Å². The molecular weight excluding hydrogens is 228 g/mol. The van der Waals surface area contributed by atoms with Crippen molar-refractivity contribution in [2.45, 2.75) is 13.8 Å². The highest BCUT2D eigenvalue weighted by atomic mass is 16.1. The molecule has 0 aliphatic carbocycles. The molecule has 92 valence electrons. The van der Waals surface area contributed by atoms with Crippen LogP contribution in [-0.4, -0.2) is 15.9 Å². The van der Waals surface area contributed by atoms with E-state index in [9.17, 15) is 4.79 Å². The van der Waals surface area contributed by atoms with Crippen LogP contribution in [-0.2, 0) is 0 Å². The molecule has 1 aromatic carbocycles. The molecule has 0 aliphatic heterocycles. The predicted molar refractivity (Wildman–Crippen MR) is 70.3 cm³/mol. The van der Waals surface area contributed by atoms with Gasteiger partial charge in [-0.25, -0.2) is 4.98 Å². The van der Waals surface area contributed by atoms with Crippen LogP contribution in [0.3, 0.4) is 0 Å². The Kier molecular flexibility index (Phi) is 3.23. The number of carbonyl (C=O) groups is 1. The van der Waals surface area contributed by atoms with Crippen molar-refractivity contribution in [2.75, 3.05) is 11.1 Å². The Bertz CT molecular complexity index is 581. The Hall–Kier alpha value is -2.43. The van der Waals surface area contributed by atoms with Crippen molar-refractivity contribution in [3.8, 4) is 0 Å². The van der Waals surface area contributed by atoms with Gasteiger partial charge in [-0.15, -0.1) is 0 Å². The van der Waals surface area contributed by atoms with E-state index >= 15 is 0 Å². The molecule has 1 amide bonds. The van der Waals surface area contributed by atoms with Gasteiger partial charge in [-0.1, -0.05) is 0 Å². The van der Waals surface area contributed by atoms with Crippen molar-refractivity contribution in [1.82, 2.24) is 9.97 Å². The molecule has 5 nitrogen and oxygen atoms in total. The Morgan fingerprint density at radius 3 is 2.61 bits per heavy atom. The van der Waals surface area contributed by atoms with Gasteiger partial charge < -0.3 is 11.1 Å². The van der Waals surface area contributed by atoms with Gasteiger partial charge in [-0.2, -0.15) is 0 Å². The normalized spacial score (nSPS) is 10.1. The van der Waals surface area contributed by atoms with E-state index in [4.69, 9.17) is 5.73 Å². The van der Waals surface area contributed by atoms with Gasteiger partial charge in [-0.05, 0) is 37.1 Å². The molecule has 18 heavy (non-hydrogen) atoms. The molecule has 0 atom stereocenters. The van der Waals surface area contributed by atoms with E-state index in [1.807, 2.05) is 26.0 Å². The zero-order valence-corrected chi connectivity index (χ0v) is 10.3. The third-order valence-electron chi connectivity index (χ3n) is 2.71. The number of nitrogens with one attached hydrogen (secondary N) is 1. The minimum absolute atomic E-state index is 0.259. The summed E-state index contributed by atoms with van der Waals surface area (Å²) in [6.07, 6.45) is 4.40. The topological polar surface area (TPSA) is 80.9 Å². The Labute approximate surface area is 105 Å². The van der Waals surface area contributed by atoms with E-state index in [2.05, 4.69) is 15.3 Å². The molecule has 0 fully saturated rings. The van der Waals surface area contributed by atoms with Gasteiger partial charge in [0.2, 0.25) is 0 Å². The van der Waals surface area contributed by atoms with Crippen LogP contribution < -0.4 is 11.1 Å². The van der Waals surface area contributed by atoms with E-state index in [-0.39, 0.29) is 11.6 Å². The maximum Gasteiger partial charge on any atom is 0.275 e. The first-order valence-electron chi connectivity index (χ1n) is 5.52. The molecule has 0 unspecified atom stereocenters. The highest BCUT2D eigenvalue weighted by molar-refractivity contribution is 6.04. The lowest BCUT2D eigenvalue weighted by Crippen LogP contribution is -2.15. The van der Waals surface area contributed by atoms with Crippen LogP contribution in [0.2, 0.25) is 0 Å². The third-order valence-corrected chi connectivity index (χ3v) is 2.71. The number of hydrogen-bond donors (Lipinski definition) is 2. The molecule has 0 aliphatic rings. The van der Waals surface area contributed by atoms with Crippen LogP contribution >= 0.6 is 0 Å². The molecule has 0 spiro atoms. The summed E-state index contributed by atoms with van der Waals surface area (Å²) in [5, 5.41) is 2.73. The minimum atomic E-state index is -0.321. The average molecular weight is 242 g/mol. The summed E-state index contributed by atoms with van der Waals surface area (Å²) in [5.74, 6) is -0.321. The SMILES string of the molecule is Cc1cc(N)c(NC(=O)c2cnccn2)cc1C. The maximum atomic E-state index is 11.9. The molecule has 5 heteroatoms. The van der Waals surface area contributed by atoms with Crippen molar-refractivity contribution in [3.05, 3.63) is 47.5 Å². The third kappa shape index (κ3) is 2.45.